The van der Waals surface area contributed by atoms with E-state index in [2.05, 4.69) is 25.8 Å². The summed E-state index contributed by atoms with van der Waals surface area (Å²) in [6.45, 7) is 17.3. The van der Waals surface area contributed by atoms with Crippen LogP contribution in [0, 0.1) is 0 Å². The fraction of sp³-hybridized carbons (Fsp3) is 0.704. The number of carbonyl (C=O) groups is 2. The third kappa shape index (κ3) is 8.81. The second kappa shape index (κ2) is 12.4. The number of carbonyl (C=O) groups excluding carboxylic acids is 2. The van der Waals surface area contributed by atoms with Crippen LogP contribution in [-0.2, 0) is 32.2 Å². The van der Waals surface area contributed by atoms with Crippen molar-refractivity contribution in [2.75, 3.05) is 26.3 Å². The molecule has 1 aliphatic heterocycles. The van der Waals surface area contributed by atoms with E-state index in [1.165, 1.54) is 0 Å². The van der Waals surface area contributed by atoms with Gasteiger partial charge in [0.05, 0.1) is 24.9 Å². The van der Waals surface area contributed by atoms with Gasteiger partial charge in [0, 0.05) is 46.0 Å². The molecule has 1 saturated heterocycles. The summed E-state index contributed by atoms with van der Waals surface area (Å²) < 4.78 is 18.7. The van der Waals surface area contributed by atoms with E-state index in [4.69, 9.17) is 24.2 Å². The molecule has 0 unspecified atom stereocenters. The van der Waals surface area contributed by atoms with Crippen molar-refractivity contribution in [1.82, 2.24) is 19.4 Å². The number of hydrogen-bond donors (Lipinski definition) is 0. The first-order chi connectivity index (χ1) is 17.4. The molecule has 0 radical (unpaired) electrons. The van der Waals surface area contributed by atoms with Crippen LogP contribution in [0.5, 0.6) is 0 Å². The van der Waals surface area contributed by atoms with Gasteiger partial charge in [-0.2, -0.15) is 0 Å². The van der Waals surface area contributed by atoms with Gasteiger partial charge in [-0.05, 0) is 52.5 Å². The number of piperidine rings is 1. The van der Waals surface area contributed by atoms with E-state index in [1.807, 2.05) is 25.3 Å². The lowest BCUT2D eigenvalue weighted by Crippen LogP contribution is -2.41. The maximum absolute atomic E-state index is 12.5. The molecule has 10 heteroatoms. The summed E-state index contributed by atoms with van der Waals surface area (Å²) in [6.07, 6.45) is 6.00. The third-order valence-corrected chi connectivity index (χ3v) is 8.05. The van der Waals surface area contributed by atoms with Crippen LogP contribution in [0.1, 0.15) is 64.1 Å². The molecule has 1 fully saturated rings. The molecule has 2 aromatic heterocycles. The highest BCUT2D eigenvalue weighted by atomic mass is 28.3. The van der Waals surface area contributed by atoms with Crippen molar-refractivity contribution < 1.29 is 23.8 Å². The number of likely N-dealkylation sites (tertiary alicyclic amines) is 1. The van der Waals surface area contributed by atoms with E-state index in [1.54, 1.807) is 18.0 Å². The van der Waals surface area contributed by atoms with Crippen molar-refractivity contribution >= 4 is 31.3 Å². The zero-order valence-corrected chi connectivity index (χ0v) is 24.6. The van der Waals surface area contributed by atoms with Gasteiger partial charge in [0.2, 0.25) is 0 Å². The molecule has 3 rings (SSSR count). The number of fused-ring (bicyclic) bond motifs is 1. The molecule has 0 spiro atoms. The number of rotatable bonds is 10. The highest BCUT2D eigenvalue weighted by Crippen LogP contribution is 2.34. The molecule has 3 heterocycles. The van der Waals surface area contributed by atoms with E-state index in [0.29, 0.717) is 32.8 Å². The van der Waals surface area contributed by atoms with E-state index in [0.717, 1.165) is 47.9 Å². The highest BCUT2D eigenvalue weighted by Gasteiger charge is 2.29. The Morgan fingerprint density at radius 1 is 1.16 bits per heavy atom. The van der Waals surface area contributed by atoms with E-state index >= 15 is 0 Å². The summed E-state index contributed by atoms with van der Waals surface area (Å²) in [5, 5.41) is 0. The van der Waals surface area contributed by atoms with Crippen molar-refractivity contribution in [1.29, 1.82) is 0 Å². The first-order valence-electron chi connectivity index (χ1n) is 13.4. The lowest BCUT2D eigenvalue weighted by molar-refractivity contribution is -0.143. The van der Waals surface area contributed by atoms with E-state index < -0.39 is 13.7 Å². The Labute approximate surface area is 221 Å². The predicted octanol–water partition coefficient (Wildman–Crippen LogP) is 5.35. The van der Waals surface area contributed by atoms with Crippen LogP contribution >= 0.6 is 0 Å². The minimum atomic E-state index is -1.18. The number of esters is 1. The summed E-state index contributed by atoms with van der Waals surface area (Å²) in [5.74, 6) is 0.0199. The molecular formula is C27H44N4O5Si. The Morgan fingerprint density at radius 3 is 2.49 bits per heavy atom. The first kappa shape index (κ1) is 29.1. The number of aryl methyl sites for hydroxylation is 1. The zero-order valence-electron chi connectivity index (χ0n) is 23.6. The Kier molecular flexibility index (Phi) is 9.74. The highest BCUT2D eigenvalue weighted by molar-refractivity contribution is 6.76. The Hall–Kier alpha value is -2.46. The molecule has 9 nitrogen and oxygen atoms in total. The maximum Gasteiger partial charge on any atom is 0.410 e. The van der Waals surface area contributed by atoms with Crippen LogP contribution in [-0.4, -0.2) is 71.5 Å². The van der Waals surface area contributed by atoms with Crippen LogP contribution in [0.25, 0.3) is 11.2 Å². The minimum Gasteiger partial charge on any atom is -0.466 e. The van der Waals surface area contributed by atoms with Crippen LogP contribution < -0.4 is 0 Å². The average molecular weight is 533 g/mol. The molecule has 0 aromatic carbocycles. The van der Waals surface area contributed by atoms with Crippen LogP contribution in [0.4, 0.5) is 4.79 Å². The average Bonchev–Trinajstić information content (AvgIpc) is 3.17. The van der Waals surface area contributed by atoms with Gasteiger partial charge in [0.15, 0.2) is 5.65 Å². The van der Waals surface area contributed by atoms with Crippen molar-refractivity contribution in [3.63, 3.8) is 0 Å². The predicted molar refractivity (Wildman–Crippen MR) is 146 cm³/mol. The standard InChI is InChI=1S/C27H44N4O5Si/c1-8-35-23(32)10-9-21-17-28-25-24(29-21)22(18-31(25)19-34-15-16-37(5,6)7)20-11-13-30(14-12-20)26(33)36-27(2,3)4/h17-18,20H,8-16,19H2,1-7H3. The minimum absolute atomic E-state index is 0.229. The lowest BCUT2D eigenvalue weighted by atomic mass is 9.91. The molecule has 0 aliphatic carbocycles. The van der Waals surface area contributed by atoms with Gasteiger partial charge in [-0.3, -0.25) is 4.79 Å². The Morgan fingerprint density at radius 2 is 1.86 bits per heavy atom. The molecule has 0 N–H and O–H groups in total. The van der Waals surface area contributed by atoms with Gasteiger partial charge < -0.3 is 23.7 Å². The van der Waals surface area contributed by atoms with E-state index in [9.17, 15) is 9.59 Å². The molecular weight excluding hydrogens is 488 g/mol. The molecule has 1 aliphatic rings. The molecule has 1 amide bonds. The fourth-order valence-electron chi connectivity index (χ4n) is 4.33. The molecule has 37 heavy (non-hydrogen) atoms. The largest absolute Gasteiger partial charge is 0.466 e. The Balaban J connectivity index is 1.78. The summed E-state index contributed by atoms with van der Waals surface area (Å²) in [6, 6.07) is 1.10. The number of hydrogen-bond acceptors (Lipinski definition) is 7. The molecule has 0 atom stereocenters. The summed E-state index contributed by atoms with van der Waals surface area (Å²) in [5.41, 5.74) is 3.03. The van der Waals surface area contributed by atoms with Gasteiger partial charge in [0.1, 0.15) is 17.8 Å². The normalized spacial score (nSPS) is 15.3. The first-order valence-corrected chi connectivity index (χ1v) is 17.1. The van der Waals surface area contributed by atoms with Gasteiger partial charge in [-0.1, -0.05) is 19.6 Å². The number of amides is 1. The summed E-state index contributed by atoms with van der Waals surface area (Å²) >= 11 is 0. The van der Waals surface area contributed by atoms with Crippen molar-refractivity contribution in [3.8, 4) is 0 Å². The monoisotopic (exact) mass is 532 g/mol. The topological polar surface area (TPSA) is 95.8 Å². The molecule has 0 bridgehead atoms. The van der Waals surface area contributed by atoms with Crippen LogP contribution in [0.15, 0.2) is 12.4 Å². The molecule has 0 saturated carbocycles. The van der Waals surface area contributed by atoms with Crippen LogP contribution in [0.2, 0.25) is 25.7 Å². The van der Waals surface area contributed by atoms with Crippen LogP contribution in [0.3, 0.4) is 0 Å². The second-order valence-corrected chi connectivity index (χ2v) is 17.6. The second-order valence-electron chi connectivity index (χ2n) is 12.0. The Bertz CT molecular complexity index is 1070. The van der Waals surface area contributed by atoms with E-state index in [-0.39, 0.29) is 24.4 Å². The quantitative estimate of drug-likeness (QED) is 0.231. The number of ether oxygens (including phenoxy) is 3. The summed E-state index contributed by atoms with van der Waals surface area (Å²) in [7, 11) is -1.18. The molecule has 206 valence electrons. The van der Waals surface area contributed by atoms with Crippen molar-refractivity contribution in [2.45, 2.75) is 97.3 Å². The van der Waals surface area contributed by atoms with Gasteiger partial charge >= 0.3 is 12.1 Å². The maximum atomic E-state index is 12.5. The lowest BCUT2D eigenvalue weighted by Gasteiger charge is -2.33. The third-order valence-electron chi connectivity index (χ3n) is 6.35. The fourth-order valence-corrected chi connectivity index (χ4v) is 5.09. The van der Waals surface area contributed by atoms with Crippen molar-refractivity contribution in [3.05, 3.63) is 23.7 Å². The number of nitrogens with zero attached hydrogens (tertiary/aromatic N) is 4. The summed E-state index contributed by atoms with van der Waals surface area (Å²) in [4.78, 5) is 35.8. The number of aromatic nitrogens is 3. The zero-order chi connectivity index (χ0) is 27.2. The van der Waals surface area contributed by atoms with Gasteiger partial charge in [0.25, 0.3) is 0 Å². The SMILES string of the molecule is CCOC(=O)CCc1cnc2c(n1)c(C1CCN(C(=O)OC(C)(C)C)CC1)cn2COCC[Si](C)(C)C. The molecule has 2 aromatic rings. The van der Waals surface area contributed by atoms with Crippen molar-refractivity contribution in [2.24, 2.45) is 0 Å². The van der Waals surface area contributed by atoms with Gasteiger partial charge in [-0.15, -0.1) is 0 Å². The smallest absolute Gasteiger partial charge is 0.410 e. The van der Waals surface area contributed by atoms with Gasteiger partial charge in [-0.25, -0.2) is 14.8 Å².